The van der Waals surface area contributed by atoms with Crippen LogP contribution in [0.25, 0.3) is 0 Å². The summed E-state index contributed by atoms with van der Waals surface area (Å²) in [5.41, 5.74) is 13.4. The van der Waals surface area contributed by atoms with Crippen LogP contribution in [-0.4, -0.2) is 24.7 Å². The van der Waals surface area contributed by atoms with Crippen LogP contribution in [0.2, 0.25) is 0 Å². The van der Waals surface area contributed by atoms with Gasteiger partial charge in [-0.3, -0.25) is 9.59 Å². The zero-order valence-electron chi connectivity index (χ0n) is 20.0. The number of methoxy groups -OCH3 is 1. The Morgan fingerprint density at radius 2 is 1.64 bits per heavy atom. The Kier molecular flexibility index (Phi) is 17.1. The monoisotopic (exact) mass is 448 g/mol. The Balaban J connectivity index is 0.00000111. The molecule has 2 atom stereocenters. The molecule has 1 amide bonds. The molecule has 1 aromatic carbocycles. The first-order valence-corrected chi connectivity index (χ1v) is 11.1. The third-order valence-electron chi connectivity index (χ3n) is 5.08. The molecule has 1 fully saturated rings. The molecule has 1 aliphatic carbocycles. The lowest BCUT2D eigenvalue weighted by atomic mass is 9.89. The molecule has 2 rings (SSSR count). The van der Waals surface area contributed by atoms with Crippen molar-refractivity contribution in [1.29, 1.82) is 0 Å². The second kappa shape index (κ2) is 19.1. The van der Waals surface area contributed by atoms with Gasteiger partial charge in [-0.25, -0.2) is 5.43 Å². The van der Waals surface area contributed by atoms with Crippen molar-refractivity contribution in [3.05, 3.63) is 85.1 Å². The molecule has 1 N–H and O–H groups in total. The fourth-order valence-corrected chi connectivity index (χ4v) is 3.43. The number of benzene rings is 1. The van der Waals surface area contributed by atoms with Gasteiger partial charge in [-0.15, -0.1) is 0 Å². The number of hydrogen-bond donors (Lipinski definition) is 1. The van der Waals surface area contributed by atoms with Crippen LogP contribution < -0.4 is 5.43 Å². The van der Waals surface area contributed by atoms with Crippen LogP contribution >= 0.6 is 0 Å². The highest BCUT2D eigenvalue weighted by atomic mass is 16.5. The van der Waals surface area contributed by atoms with E-state index in [1.54, 1.807) is 12.1 Å². The van der Waals surface area contributed by atoms with E-state index in [-0.39, 0.29) is 23.7 Å². The van der Waals surface area contributed by atoms with Crippen molar-refractivity contribution in [2.45, 2.75) is 51.9 Å². The summed E-state index contributed by atoms with van der Waals surface area (Å²) in [5.74, 6) is -0.459. The minimum Gasteiger partial charge on any atom is -0.469 e. The highest BCUT2D eigenvalue weighted by Gasteiger charge is 2.38. The number of nitrogens with zero attached hydrogens (tertiary/aromatic N) is 1. The second-order valence-electron chi connectivity index (χ2n) is 7.24. The van der Waals surface area contributed by atoms with Crippen LogP contribution in [0.4, 0.5) is 0 Å². The van der Waals surface area contributed by atoms with E-state index in [0.29, 0.717) is 5.56 Å². The SMILES string of the molecule is C=C=C=C.C=C=C=C.CCCCCCC1/C(=N\NC(=O)c2ccccc2)CCC1C(=O)OC. The van der Waals surface area contributed by atoms with Gasteiger partial charge in [-0.1, -0.05) is 73.7 Å². The zero-order valence-corrected chi connectivity index (χ0v) is 20.0. The van der Waals surface area contributed by atoms with Crippen LogP contribution in [0.15, 0.2) is 84.7 Å². The van der Waals surface area contributed by atoms with Gasteiger partial charge in [0.15, 0.2) is 0 Å². The summed E-state index contributed by atoms with van der Waals surface area (Å²) in [6.45, 7) is 14.9. The highest BCUT2D eigenvalue weighted by Crippen LogP contribution is 2.34. The summed E-state index contributed by atoms with van der Waals surface area (Å²) < 4.78 is 4.95. The van der Waals surface area contributed by atoms with Gasteiger partial charge in [0.25, 0.3) is 5.91 Å². The van der Waals surface area contributed by atoms with Crippen molar-refractivity contribution < 1.29 is 14.3 Å². The Bertz CT molecular complexity index is 854. The van der Waals surface area contributed by atoms with E-state index < -0.39 is 0 Å². The minimum atomic E-state index is -0.223. The van der Waals surface area contributed by atoms with Gasteiger partial charge < -0.3 is 4.74 Å². The summed E-state index contributed by atoms with van der Waals surface area (Å²) in [6, 6.07) is 9.02. The zero-order chi connectivity index (χ0) is 24.9. The van der Waals surface area contributed by atoms with Gasteiger partial charge in [0.05, 0.1) is 13.0 Å². The first-order valence-electron chi connectivity index (χ1n) is 11.1. The normalized spacial score (nSPS) is 16.8. The lowest BCUT2D eigenvalue weighted by Gasteiger charge is -2.18. The van der Waals surface area contributed by atoms with Crippen molar-refractivity contribution in [3.8, 4) is 0 Å². The standard InChI is InChI=1S/C20H28N2O3.2C4H4/c1-3-4-5-9-12-16-17(20(24)25-2)13-14-18(16)21-22-19(23)15-10-7-6-8-11-15;2*1-3-4-2/h6-8,10-11,16-17H,3-5,9,12-14H2,1-2H3,(H,22,23);2*1-2H2/b21-18-;;. The molecule has 1 aliphatic rings. The maximum Gasteiger partial charge on any atom is 0.309 e. The van der Waals surface area contributed by atoms with E-state index in [1.807, 2.05) is 18.2 Å². The third-order valence-corrected chi connectivity index (χ3v) is 5.08. The molecule has 0 heterocycles. The van der Waals surface area contributed by atoms with E-state index in [2.05, 4.69) is 66.7 Å². The van der Waals surface area contributed by atoms with Crippen LogP contribution in [0.5, 0.6) is 0 Å². The summed E-state index contributed by atoms with van der Waals surface area (Å²) >= 11 is 0. The molecule has 1 saturated carbocycles. The van der Waals surface area contributed by atoms with Crippen LogP contribution in [-0.2, 0) is 9.53 Å². The number of esters is 1. The van der Waals surface area contributed by atoms with Crippen molar-refractivity contribution in [2.75, 3.05) is 7.11 Å². The maximum absolute atomic E-state index is 12.2. The molecule has 1 aromatic rings. The predicted molar refractivity (Wildman–Crippen MR) is 135 cm³/mol. The lowest BCUT2D eigenvalue weighted by molar-refractivity contribution is -0.146. The summed E-state index contributed by atoms with van der Waals surface area (Å²) in [7, 11) is 1.43. The number of hydrazone groups is 1. The van der Waals surface area contributed by atoms with Gasteiger partial charge in [0.2, 0.25) is 0 Å². The summed E-state index contributed by atoms with van der Waals surface area (Å²) in [4.78, 5) is 24.2. The van der Waals surface area contributed by atoms with Crippen molar-refractivity contribution in [2.24, 2.45) is 16.9 Å². The molecule has 33 heavy (non-hydrogen) atoms. The molecule has 0 radical (unpaired) electrons. The van der Waals surface area contributed by atoms with Gasteiger partial charge in [0, 0.05) is 17.2 Å². The molecular formula is C28H36N2O3. The fraction of sp³-hybridized carbons (Fsp3) is 0.393. The average Bonchev–Trinajstić information content (AvgIpc) is 3.28. The highest BCUT2D eigenvalue weighted by molar-refractivity contribution is 5.97. The van der Waals surface area contributed by atoms with Crippen LogP contribution in [0.3, 0.4) is 0 Å². The van der Waals surface area contributed by atoms with Crippen LogP contribution in [0, 0.1) is 11.8 Å². The molecule has 0 saturated heterocycles. The second-order valence-corrected chi connectivity index (χ2v) is 7.24. The molecule has 0 aliphatic heterocycles. The number of ether oxygens (including phenoxy) is 1. The number of nitrogens with one attached hydrogen (secondary N) is 1. The molecule has 5 heteroatoms. The topological polar surface area (TPSA) is 67.8 Å². The number of carbonyl (C=O) groups excluding carboxylic acids is 2. The first-order chi connectivity index (χ1) is 16.0. The van der Waals surface area contributed by atoms with E-state index in [4.69, 9.17) is 4.74 Å². The Morgan fingerprint density at radius 3 is 2.15 bits per heavy atom. The summed E-state index contributed by atoms with van der Waals surface area (Å²) in [6.07, 6.45) is 6.99. The van der Waals surface area contributed by atoms with Crippen molar-refractivity contribution in [3.63, 3.8) is 0 Å². The number of rotatable bonds is 8. The lowest BCUT2D eigenvalue weighted by Crippen LogP contribution is -2.26. The van der Waals surface area contributed by atoms with E-state index in [9.17, 15) is 9.59 Å². The fourth-order valence-electron chi connectivity index (χ4n) is 3.43. The van der Waals surface area contributed by atoms with Gasteiger partial charge in [-0.05, 0) is 57.7 Å². The molecule has 0 aromatic heterocycles. The molecular weight excluding hydrogens is 412 g/mol. The van der Waals surface area contributed by atoms with E-state index >= 15 is 0 Å². The quantitative estimate of drug-likeness (QED) is 0.224. The molecule has 5 nitrogen and oxygen atoms in total. The number of carbonyl (C=O) groups is 2. The predicted octanol–water partition coefficient (Wildman–Crippen LogP) is 6.17. The largest absolute Gasteiger partial charge is 0.469 e. The Morgan fingerprint density at radius 1 is 1.03 bits per heavy atom. The Labute approximate surface area is 198 Å². The minimum absolute atomic E-state index is 0.0698. The van der Waals surface area contributed by atoms with Gasteiger partial charge in [-0.2, -0.15) is 5.10 Å². The van der Waals surface area contributed by atoms with Crippen LogP contribution in [0.1, 0.15) is 62.2 Å². The number of unbranched alkanes of at least 4 members (excludes halogenated alkanes) is 3. The number of hydrogen-bond acceptors (Lipinski definition) is 4. The smallest absolute Gasteiger partial charge is 0.309 e. The van der Waals surface area contributed by atoms with Crippen molar-refractivity contribution in [1.82, 2.24) is 5.43 Å². The van der Waals surface area contributed by atoms with E-state index in [0.717, 1.165) is 37.8 Å². The van der Waals surface area contributed by atoms with Gasteiger partial charge >= 0.3 is 5.97 Å². The Hall–Kier alpha value is -3.57. The van der Waals surface area contributed by atoms with Gasteiger partial charge in [0.1, 0.15) is 0 Å². The molecule has 2 unspecified atom stereocenters. The maximum atomic E-state index is 12.2. The third kappa shape index (κ3) is 12.1. The molecule has 176 valence electrons. The molecule has 0 bridgehead atoms. The average molecular weight is 449 g/mol. The number of amides is 1. The van der Waals surface area contributed by atoms with E-state index in [1.165, 1.54) is 20.0 Å². The molecule has 0 spiro atoms. The first kappa shape index (κ1) is 29.4. The van der Waals surface area contributed by atoms with Crippen molar-refractivity contribution >= 4 is 17.6 Å². The summed E-state index contributed by atoms with van der Waals surface area (Å²) in [5, 5.41) is 4.36.